The predicted molar refractivity (Wildman–Crippen MR) is 38.9 cm³/mol. The van der Waals surface area contributed by atoms with E-state index in [1.165, 1.54) is 6.92 Å². The third-order valence-electron chi connectivity index (χ3n) is 0.249. The fourth-order valence-corrected chi connectivity index (χ4v) is 0.117. The first-order chi connectivity index (χ1) is 4.50. The molecule has 0 aromatic carbocycles. The molecule has 0 atom stereocenters. The van der Waals surface area contributed by atoms with Crippen LogP contribution in [0, 0.1) is 0 Å². The van der Waals surface area contributed by atoms with E-state index < -0.39 is 5.97 Å². The molecule has 0 radical (unpaired) electrons. The van der Waals surface area contributed by atoms with Crippen molar-refractivity contribution in [1.29, 1.82) is 0 Å². The lowest BCUT2D eigenvalue weighted by molar-refractivity contribution is -0.136. The molecule has 66 valence electrons. The number of rotatable bonds is 1. The molecule has 0 saturated heterocycles. The molecule has 0 bridgehead atoms. The highest BCUT2D eigenvalue weighted by molar-refractivity contribution is 5.66. The number of hydrogen-bond donors (Lipinski definition) is 1. The van der Waals surface area contributed by atoms with Crippen LogP contribution in [-0.2, 0) is 14.3 Å². The number of carboxylic acid groups (broad SMARTS) is 1. The summed E-state index contributed by atoms with van der Waals surface area (Å²) in [5.74, 6) is -1.16. The van der Waals surface area contributed by atoms with Crippen molar-refractivity contribution in [3.8, 4) is 0 Å². The standard InChI is InChI=1S/C4H6O2.C2H4O2.H2O/c1-3-6-4(2)5;1-2(3)4;/h3H,1H2,2H3;1H3,(H,3,4);1H2. The number of hydrogen-bond acceptors (Lipinski definition) is 3. The Labute approximate surface area is 64.6 Å². The van der Waals surface area contributed by atoms with Crippen molar-refractivity contribution in [2.24, 2.45) is 0 Å². The maximum absolute atomic E-state index is 9.75. The molecular formula is C6H12O5. The quantitative estimate of drug-likeness (QED) is 0.434. The summed E-state index contributed by atoms with van der Waals surface area (Å²) in [5.41, 5.74) is 0. The van der Waals surface area contributed by atoms with E-state index in [9.17, 15) is 4.79 Å². The van der Waals surface area contributed by atoms with Crippen LogP contribution >= 0.6 is 0 Å². The fraction of sp³-hybridized carbons (Fsp3) is 0.333. The van der Waals surface area contributed by atoms with E-state index in [1.54, 1.807) is 0 Å². The van der Waals surface area contributed by atoms with Crippen molar-refractivity contribution < 1.29 is 24.9 Å². The summed E-state index contributed by atoms with van der Waals surface area (Å²) in [6.45, 7) is 5.56. The highest BCUT2D eigenvalue weighted by Gasteiger charge is 1.79. The second-order valence-corrected chi connectivity index (χ2v) is 1.30. The van der Waals surface area contributed by atoms with Gasteiger partial charge in [0.15, 0.2) is 0 Å². The number of ether oxygens (including phenoxy) is 1. The molecule has 0 heterocycles. The Morgan fingerprint density at radius 2 is 1.73 bits per heavy atom. The van der Waals surface area contributed by atoms with Crippen LogP contribution in [-0.4, -0.2) is 22.5 Å². The van der Waals surface area contributed by atoms with Crippen molar-refractivity contribution >= 4 is 11.9 Å². The van der Waals surface area contributed by atoms with Crippen LogP contribution in [0.3, 0.4) is 0 Å². The molecule has 0 aromatic rings. The lowest BCUT2D eigenvalue weighted by atomic mass is 10.8. The van der Waals surface area contributed by atoms with Gasteiger partial charge in [0.05, 0.1) is 6.26 Å². The van der Waals surface area contributed by atoms with Crippen LogP contribution in [0.5, 0.6) is 0 Å². The largest absolute Gasteiger partial charge is 0.481 e. The van der Waals surface area contributed by atoms with Crippen LogP contribution in [0.15, 0.2) is 12.8 Å². The lowest BCUT2D eigenvalue weighted by Gasteiger charge is -1.83. The number of carboxylic acids is 1. The Morgan fingerprint density at radius 1 is 1.45 bits per heavy atom. The van der Waals surface area contributed by atoms with Gasteiger partial charge in [0.25, 0.3) is 5.97 Å². The molecule has 0 unspecified atom stereocenters. The van der Waals surface area contributed by atoms with Gasteiger partial charge in [-0.15, -0.1) is 0 Å². The van der Waals surface area contributed by atoms with Crippen LogP contribution < -0.4 is 0 Å². The first-order valence-corrected chi connectivity index (χ1v) is 2.48. The Kier molecular flexibility index (Phi) is 17.0. The zero-order valence-corrected chi connectivity index (χ0v) is 6.46. The van der Waals surface area contributed by atoms with Crippen LogP contribution in [0.1, 0.15) is 13.8 Å². The molecule has 0 aliphatic heterocycles. The van der Waals surface area contributed by atoms with Crippen molar-refractivity contribution in [2.75, 3.05) is 0 Å². The van der Waals surface area contributed by atoms with Crippen molar-refractivity contribution in [2.45, 2.75) is 13.8 Å². The molecule has 0 fully saturated rings. The number of aliphatic carboxylic acids is 1. The van der Waals surface area contributed by atoms with E-state index in [-0.39, 0.29) is 11.4 Å². The minimum absolute atomic E-state index is 0. The molecule has 0 amide bonds. The number of esters is 1. The van der Waals surface area contributed by atoms with Gasteiger partial charge in [0.2, 0.25) is 0 Å². The van der Waals surface area contributed by atoms with Gasteiger partial charge in [-0.2, -0.15) is 0 Å². The number of carbonyl (C=O) groups is 2. The van der Waals surface area contributed by atoms with Gasteiger partial charge in [-0.1, -0.05) is 6.58 Å². The third-order valence-corrected chi connectivity index (χ3v) is 0.249. The van der Waals surface area contributed by atoms with E-state index in [2.05, 4.69) is 11.3 Å². The summed E-state index contributed by atoms with van der Waals surface area (Å²) in [5, 5.41) is 7.42. The molecule has 11 heavy (non-hydrogen) atoms. The minimum atomic E-state index is -0.833. The Bertz CT molecular complexity index is 125. The first kappa shape index (κ1) is 16.3. The number of carbonyl (C=O) groups excluding carboxylic acids is 1. The second-order valence-electron chi connectivity index (χ2n) is 1.30. The Balaban J connectivity index is -0.000000114. The normalized spacial score (nSPS) is 6.00. The maximum Gasteiger partial charge on any atom is 0.307 e. The summed E-state index contributed by atoms with van der Waals surface area (Å²) < 4.78 is 4.17. The average Bonchev–Trinajstić information content (AvgIpc) is 1.62. The molecule has 3 N–H and O–H groups in total. The van der Waals surface area contributed by atoms with Crippen molar-refractivity contribution in [1.82, 2.24) is 0 Å². The van der Waals surface area contributed by atoms with Gasteiger partial charge in [0.1, 0.15) is 0 Å². The summed E-state index contributed by atoms with van der Waals surface area (Å²) in [4.78, 5) is 18.8. The van der Waals surface area contributed by atoms with Crippen molar-refractivity contribution in [3.05, 3.63) is 12.8 Å². The van der Waals surface area contributed by atoms with Gasteiger partial charge in [-0.05, 0) is 0 Å². The maximum atomic E-state index is 9.75. The molecule has 5 heteroatoms. The Hall–Kier alpha value is -1.36. The molecular weight excluding hydrogens is 152 g/mol. The van der Waals surface area contributed by atoms with Gasteiger partial charge in [-0.25, -0.2) is 0 Å². The SMILES string of the molecule is C=COC(C)=O.CC(=O)O.O. The summed E-state index contributed by atoms with van der Waals surface area (Å²) in [6, 6.07) is 0. The summed E-state index contributed by atoms with van der Waals surface area (Å²) in [7, 11) is 0. The molecule has 0 rings (SSSR count). The smallest absolute Gasteiger partial charge is 0.307 e. The highest BCUT2D eigenvalue weighted by atomic mass is 16.5. The third kappa shape index (κ3) is 142. The van der Waals surface area contributed by atoms with Crippen LogP contribution in [0.4, 0.5) is 0 Å². The van der Waals surface area contributed by atoms with E-state index >= 15 is 0 Å². The van der Waals surface area contributed by atoms with Crippen molar-refractivity contribution in [3.63, 3.8) is 0 Å². The van der Waals surface area contributed by atoms with E-state index in [0.717, 1.165) is 13.2 Å². The Morgan fingerprint density at radius 3 is 1.73 bits per heavy atom. The van der Waals surface area contributed by atoms with E-state index in [1.807, 2.05) is 0 Å². The molecule has 0 saturated carbocycles. The zero-order valence-electron chi connectivity index (χ0n) is 6.46. The van der Waals surface area contributed by atoms with Crippen LogP contribution in [0.2, 0.25) is 0 Å². The monoisotopic (exact) mass is 164 g/mol. The first-order valence-electron chi connectivity index (χ1n) is 2.48. The predicted octanol–water partition coefficient (Wildman–Crippen LogP) is -0.0408. The van der Waals surface area contributed by atoms with E-state index in [4.69, 9.17) is 9.90 Å². The van der Waals surface area contributed by atoms with Crippen LogP contribution in [0.25, 0.3) is 0 Å². The highest BCUT2D eigenvalue weighted by Crippen LogP contribution is 1.70. The molecule has 5 nitrogen and oxygen atoms in total. The zero-order chi connectivity index (χ0) is 8.57. The summed E-state index contributed by atoms with van der Waals surface area (Å²) >= 11 is 0. The molecule has 0 aliphatic rings. The molecule has 0 aliphatic carbocycles. The average molecular weight is 164 g/mol. The molecule has 0 spiro atoms. The summed E-state index contributed by atoms with van der Waals surface area (Å²) in [6.07, 6.45) is 1.10. The van der Waals surface area contributed by atoms with Gasteiger partial charge < -0.3 is 15.3 Å². The van der Waals surface area contributed by atoms with Gasteiger partial charge in [0, 0.05) is 13.8 Å². The second kappa shape index (κ2) is 11.4. The van der Waals surface area contributed by atoms with Gasteiger partial charge >= 0.3 is 5.97 Å². The lowest BCUT2D eigenvalue weighted by Crippen LogP contribution is -1.87. The fourth-order valence-electron chi connectivity index (χ4n) is 0.117. The topological polar surface area (TPSA) is 95.1 Å². The molecule has 0 aromatic heterocycles. The minimum Gasteiger partial charge on any atom is -0.481 e. The van der Waals surface area contributed by atoms with E-state index in [0.29, 0.717) is 0 Å². The van der Waals surface area contributed by atoms with Gasteiger partial charge in [-0.3, -0.25) is 9.59 Å².